The quantitative estimate of drug-likeness (QED) is 0.637. The van der Waals surface area contributed by atoms with Crippen molar-refractivity contribution in [2.24, 2.45) is 0 Å². The Balaban J connectivity index is 2.39. The lowest BCUT2D eigenvalue weighted by Crippen LogP contribution is -1.93. The topological polar surface area (TPSA) is 9.23 Å². The van der Waals surface area contributed by atoms with Crippen LogP contribution in [0, 0.1) is 12.7 Å². The molecule has 0 saturated carbocycles. The molecule has 2 aromatic carbocycles. The van der Waals surface area contributed by atoms with Gasteiger partial charge in [0.2, 0.25) is 0 Å². The van der Waals surface area contributed by atoms with Gasteiger partial charge in [0.05, 0.1) is 0 Å². The SMILES string of the molecule is Cc1cccc(Oc2cc(Br)ccc2CBr)c1F. The van der Waals surface area contributed by atoms with Crippen molar-refractivity contribution in [2.45, 2.75) is 12.3 Å². The van der Waals surface area contributed by atoms with Gasteiger partial charge in [0.25, 0.3) is 0 Å². The summed E-state index contributed by atoms with van der Waals surface area (Å²) in [5.41, 5.74) is 1.54. The molecule has 0 atom stereocenters. The Hall–Kier alpha value is -0.870. The highest BCUT2D eigenvalue weighted by atomic mass is 79.9. The van der Waals surface area contributed by atoms with Crippen molar-refractivity contribution in [3.8, 4) is 11.5 Å². The second kappa shape index (κ2) is 5.85. The van der Waals surface area contributed by atoms with Crippen molar-refractivity contribution >= 4 is 31.9 Å². The number of hydrogen-bond acceptors (Lipinski definition) is 1. The van der Waals surface area contributed by atoms with Crippen LogP contribution in [0.2, 0.25) is 0 Å². The summed E-state index contributed by atoms with van der Waals surface area (Å²) in [5.74, 6) is 0.569. The second-order valence-electron chi connectivity index (χ2n) is 3.87. The van der Waals surface area contributed by atoms with Gasteiger partial charge in [-0.05, 0) is 30.7 Å². The predicted octanol–water partition coefficient (Wildman–Crippen LogP) is 5.58. The van der Waals surface area contributed by atoms with E-state index in [9.17, 15) is 4.39 Å². The second-order valence-corrected chi connectivity index (χ2v) is 5.35. The van der Waals surface area contributed by atoms with Crippen LogP contribution in [0.5, 0.6) is 11.5 Å². The Kier molecular flexibility index (Phi) is 4.40. The number of aryl methyl sites for hydroxylation is 1. The average Bonchev–Trinajstić information content (AvgIpc) is 2.35. The van der Waals surface area contributed by atoms with Crippen molar-refractivity contribution in [1.82, 2.24) is 0 Å². The van der Waals surface area contributed by atoms with Crippen LogP contribution in [0.15, 0.2) is 40.9 Å². The van der Waals surface area contributed by atoms with Crippen LogP contribution in [0.1, 0.15) is 11.1 Å². The van der Waals surface area contributed by atoms with E-state index >= 15 is 0 Å². The number of benzene rings is 2. The Bertz CT molecular complexity index is 570. The highest BCUT2D eigenvalue weighted by Gasteiger charge is 2.10. The molecule has 94 valence electrons. The van der Waals surface area contributed by atoms with E-state index in [1.807, 2.05) is 18.2 Å². The molecule has 0 radical (unpaired) electrons. The summed E-state index contributed by atoms with van der Waals surface area (Å²) in [6.07, 6.45) is 0. The molecule has 0 heterocycles. The zero-order chi connectivity index (χ0) is 13.1. The largest absolute Gasteiger partial charge is 0.454 e. The lowest BCUT2D eigenvalue weighted by molar-refractivity contribution is 0.437. The molecular weight excluding hydrogens is 363 g/mol. The molecular formula is C14H11Br2FO. The highest BCUT2D eigenvalue weighted by molar-refractivity contribution is 9.10. The van der Waals surface area contributed by atoms with Crippen LogP contribution in [0.3, 0.4) is 0 Å². The van der Waals surface area contributed by atoms with Gasteiger partial charge in [-0.15, -0.1) is 0 Å². The molecule has 0 N–H and O–H groups in total. The summed E-state index contributed by atoms with van der Waals surface area (Å²) in [6, 6.07) is 10.8. The zero-order valence-electron chi connectivity index (χ0n) is 9.71. The van der Waals surface area contributed by atoms with E-state index in [2.05, 4.69) is 31.9 Å². The number of halogens is 3. The molecule has 0 amide bonds. The number of hydrogen-bond donors (Lipinski definition) is 0. The van der Waals surface area contributed by atoms with E-state index in [-0.39, 0.29) is 11.6 Å². The summed E-state index contributed by atoms with van der Waals surface area (Å²) in [4.78, 5) is 0. The van der Waals surface area contributed by atoms with Gasteiger partial charge in [-0.1, -0.05) is 50.1 Å². The summed E-state index contributed by atoms with van der Waals surface area (Å²) >= 11 is 6.77. The van der Waals surface area contributed by atoms with Gasteiger partial charge in [-0.25, -0.2) is 4.39 Å². The maximum absolute atomic E-state index is 13.9. The highest BCUT2D eigenvalue weighted by Crippen LogP contribution is 2.32. The fourth-order valence-electron chi connectivity index (χ4n) is 1.55. The third-order valence-corrected chi connectivity index (χ3v) is 3.65. The normalized spacial score (nSPS) is 10.4. The molecule has 0 aliphatic heterocycles. The third-order valence-electron chi connectivity index (χ3n) is 2.55. The lowest BCUT2D eigenvalue weighted by Gasteiger charge is -2.11. The number of alkyl halides is 1. The van der Waals surface area contributed by atoms with Gasteiger partial charge in [0.15, 0.2) is 11.6 Å². The third kappa shape index (κ3) is 2.93. The zero-order valence-corrected chi connectivity index (χ0v) is 12.9. The van der Waals surface area contributed by atoms with Gasteiger partial charge in [-0.3, -0.25) is 0 Å². The maximum Gasteiger partial charge on any atom is 0.168 e. The molecule has 2 aromatic rings. The van der Waals surface area contributed by atoms with Crippen molar-refractivity contribution < 1.29 is 9.13 Å². The van der Waals surface area contributed by atoms with Crippen molar-refractivity contribution in [1.29, 1.82) is 0 Å². The summed E-state index contributed by atoms with van der Waals surface area (Å²) in [6.45, 7) is 1.72. The number of rotatable bonds is 3. The molecule has 0 aliphatic rings. The molecule has 0 fully saturated rings. The van der Waals surface area contributed by atoms with Crippen molar-refractivity contribution in [3.05, 3.63) is 57.8 Å². The first-order valence-corrected chi connectivity index (χ1v) is 7.30. The van der Waals surface area contributed by atoms with E-state index in [4.69, 9.17) is 4.74 Å². The standard InChI is InChI=1S/C14H11Br2FO/c1-9-3-2-4-12(14(9)17)18-13-7-11(16)6-5-10(13)8-15/h2-7H,8H2,1H3. The van der Waals surface area contributed by atoms with E-state index in [1.54, 1.807) is 25.1 Å². The minimum Gasteiger partial charge on any atom is -0.454 e. The molecule has 4 heteroatoms. The molecule has 0 saturated heterocycles. The minimum atomic E-state index is -0.321. The van der Waals surface area contributed by atoms with Gasteiger partial charge in [0, 0.05) is 15.4 Å². The molecule has 2 rings (SSSR count). The first-order chi connectivity index (χ1) is 8.61. The first-order valence-electron chi connectivity index (χ1n) is 5.39. The molecule has 1 nitrogen and oxygen atoms in total. The Labute approximate surface area is 122 Å². The number of ether oxygens (including phenoxy) is 1. The van der Waals surface area contributed by atoms with E-state index in [0.29, 0.717) is 16.6 Å². The van der Waals surface area contributed by atoms with Crippen LogP contribution in [-0.4, -0.2) is 0 Å². The van der Waals surface area contributed by atoms with Gasteiger partial charge < -0.3 is 4.74 Å². The van der Waals surface area contributed by atoms with Crippen LogP contribution in [-0.2, 0) is 5.33 Å². The smallest absolute Gasteiger partial charge is 0.168 e. The first kappa shape index (κ1) is 13.6. The molecule has 0 aliphatic carbocycles. The van der Waals surface area contributed by atoms with Gasteiger partial charge in [-0.2, -0.15) is 0 Å². The van der Waals surface area contributed by atoms with Crippen molar-refractivity contribution in [3.63, 3.8) is 0 Å². The Morgan fingerprint density at radius 3 is 2.67 bits per heavy atom. The maximum atomic E-state index is 13.9. The van der Waals surface area contributed by atoms with Gasteiger partial charge >= 0.3 is 0 Å². The molecule has 0 aromatic heterocycles. The summed E-state index contributed by atoms with van der Waals surface area (Å²) in [5, 5.41) is 0.656. The Morgan fingerprint density at radius 1 is 1.17 bits per heavy atom. The van der Waals surface area contributed by atoms with Crippen molar-refractivity contribution in [2.75, 3.05) is 0 Å². The van der Waals surface area contributed by atoms with Crippen LogP contribution >= 0.6 is 31.9 Å². The summed E-state index contributed by atoms with van der Waals surface area (Å²) < 4.78 is 20.4. The lowest BCUT2D eigenvalue weighted by atomic mass is 10.2. The van der Waals surface area contributed by atoms with Crippen LogP contribution in [0.25, 0.3) is 0 Å². The van der Waals surface area contributed by atoms with Gasteiger partial charge in [0.1, 0.15) is 5.75 Å². The fourth-order valence-corrected chi connectivity index (χ4v) is 2.35. The monoisotopic (exact) mass is 372 g/mol. The minimum absolute atomic E-state index is 0.246. The average molecular weight is 374 g/mol. The molecule has 0 spiro atoms. The summed E-state index contributed by atoms with van der Waals surface area (Å²) in [7, 11) is 0. The van der Waals surface area contributed by atoms with E-state index < -0.39 is 0 Å². The predicted molar refractivity (Wildman–Crippen MR) is 78.0 cm³/mol. The van der Waals surface area contributed by atoms with E-state index in [0.717, 1.165) is 10.0 Å². The Morgan fingerprint density at radius 2 is 1.94 bits per heavy atom. The van der Waals surface area contributed by atoms with E-state index in [1.165, 1.54) is 0 Å². The van der Waals surface area contributed by atoms with Crippen LogP contribution in [0.4, 0.5) is 4.39 Å². The molecule has 18 heavy (non-hydrogen) atoms. The molecule has 0 unspecified atom stereocenters. The fraction of sp³-hybridized carbons (Fsp3) is 0.143. The van der Waals surface area contributed by atoms with Crippen LogP contribution < -0.4 is 4.74 Å². The molecule has 0 bridgehead atoms.